The molecule has 0 spiro atoms. The summed E-state index contributed by atoms with van der Waals surface area (Å²) < 4.78 is 10.9. The van der Waals surface area contributed by atoms with Crippen LogP contribution in [0.4, 0.5) is 11.4 Å². The topological polar surface area (TPSA) is 80.5 Å². The van der Waals surface area contributed by atoms with Crippen LogP contribution in [0.5, 0.6) is 17.2 Å². The van der Waals surface area contributed by atoms with Gasteiger partial charge >= 0.3 is 5.97 Å². The number of carbonyl (C=O) groups excluding carboxylic acids is 1. The highest BCUT2D eigenvalue weighted by Crippen LogP contribution is 2.32. The second kappa shape index (κ2) is 10.2. The number of azo groups is 1. The first kappa shape index (κ1) is 21.0. The highest BCUT2D eigenvalue weighted by atomic mass is 16.5. The number of rotatable bonds is 8. The molecule has 1 N–H and O–H groups in total. The number of phenolic OH excluding ortho intramolecular Hbond substituents is 1. The van der Waals surface area contributed by atoms with Gasteiger partial charge in [0.2, 0.25) is 0 Å². The van der Waals surface area contributed by atoms with Crippen LogP contribution < -0.4 is 9.47 Å². The average Bonchev–Trinajstić information content (AvgIpc) is 2.75. The molecule has 0 unspecified atom stereocenters. The second-order valence-corrected chi connectivity index (χ2v) is 6.80. The van der Waals surface area contributed by atoms with Gasteiger partial charge in [-0.15, -0.1) is 5.11 Å². The fourth-order valence-electron chi connectivity index (χ4n) is 2.56. The van der Waals surface area contributed by atoms with Gasteiger partial charge in [0.25, 0.3) is 0 Å². The lowest BCUT2D eigenvalue weighted by atomic mass is 10.2. The summed E-state index contributed by atoms with van der Waals surface area (Å²) in [5, 5.41) is 18.3. The summed E-state index contributed by atoms with van der Waals surface area (Å²) in [5.41, 5.74) is 2.48. The third kappa shape index (κ3) is 5.91. The molecule has 30 heavy (non-hydrogen) atoms. The molecule has 0 saturated carbocycles. The van der Waals surface area contributed by atoms with Gasteiger partial charge in [-0.3, -0.25) is 0 Å². The molecule has 3 aromatic carbocycles. The Balaban J connectivity index is 1.62. The van der Waals surface area contributed by atoms with Crippen molar-refractivity contribution < 1.29 is 19.4 Å². The van der Waals surface area contributed by atoms with E-state index in [1.807, 2.05) is 31.2 Å². The largest absolute Gasteiger partial charge is 0.505 e. The number of unbranched alkanes of at least 4 members (excludes halogenated alkanes) is 1. The Morgan fingerprint density at radius 1 is 0.933 bits per heavy atom. The standard InChI is InChI=1S/C24H24N2O4/c1-3-4-15-29-20-11-7-18(8-12-20)24(28)30-21-13-14-22(23(27)16-21)26-25-19-9-5-17(2)6-10-19/h5-14,16,27H,3-4,15H2,1-2H3. The quantitative estimate of drug-likeness (QED) is 0.201. The van der Waals surface area contributed by atoms with Gasteiger partial charge in [-0.1, -0.05) is 31.0 Å². The predicted molar refractivity (Wildman–Crippen MR) is 115 cm³/mol. The van der Waals surface area contributed by atoms with Gasteiger partial charge in [-0.2, -0.15) is 5.11 Å². The molecule has 3 rings (SSSR count). The number of ether oxygens (including phenoxy) is 2. The average molecular weight is 404 g/mol. The van der Waals surface area contributed by atoms with Gasteiger partial charge < -0.3 is 14.6 Å². The van der Waals surface area contributed by atoms with Crippen molar-refractivity contribution in [3.05, 3.63) is 77.9 Å². The number of carbonyl (C=O) groups is 1. The number of aromatic hydroxyl groups is 1. The molecular weight excluding hydrogens is 380 g/mol. The lowest BCUT2D eigenvalue weighted by Gasteiger charge is -2.08. The number of nitrogens with zero attached hydrogens (tertiary/aromatic N) is 2. The van der Waals surface area contributed by atoms with Crippen LogP contribution >= 0.6 is 0 Å². The van der Waals surface area contributed by atoms with E-state index in [1.165, 1.54) is 6.07 Å². The molecule has 154 valence electrons. The zero-order chi connectivity index (χ0) is 21.3. The van der Waals surface area contributed by atoms with Gasteiger partial charge in [-0.05, 0) is 61.9 Å². The smallest absolute Gasteiger partial charge is 0.343 e. The van der Waals surface area contributed by atoms with Gasteiger partial charge in [0.05, 0.1) is 17.9 Å². The van der Waals surface area contributed by atoms with Crippen LogP contribution in [0, 0.1) is 6.92 Å². The summed E-state index contributed by atoms with van der Waals surface area (Å²) in [5.74, 6) is 0.273. The lowest BCUT2D eigenvalue weighted by Crippen LogP contribution is -2.08. The minimum atomic E-state index is -0.525. The number of hydrogen-bond acceptors (Lipinski definition) is 6. The zero-order valence-electron chi connectivity index (χ0n) is 17.0. The van der Waals surface area contributed by atoms with E-state index in [0.29, 0.717) is 23.6 Å². The summed E-state index contributed by atoms with van der Waals surface area (Å²) in [6.07, 6.45) is 2.04. The monoisotopic (exact) mass is 404 g/mol. The van der Waals surface area contributed by atoms with Crippen molar-refractivity contribution in [3.63, 3.8) is 0 Å². The summed E-state index contributed by atoms with van der Waals surface area (Å²) in [7, 11) is 0. The number of phenols is 1. The molecule has 0 radical (unpaired) electrons. The van der Waals surface area contributed by atoms with Crippen molar-refractivity contribution in [2.45, 2.75) is 26.7 Å². The van der Waals surface area contributed by atoms with Crippen LogP contribution in [-0.2, 0) is 0 Å². The van der Waals surface area contributed by atoms with E-state index in [4.69, 9.17) is 9.47 Å². The van der Waals surface area contributed by atoms with Crippen LogP contribution in [0.15, 0.2) is 77.0 Å². The highest BCUT2D eigenvalue weighted by Gasteiger charge is 2.11. The van der Waals surface area contributed by atoms with Crippen LogP contribution in [0.2, 0.25) is 0 Å². The van der Waals surface area contributed by atoms with E-state index in [0.717, 1.165) is 18.4 Å². The molecule has 3 aromatic rings. The van der Waals surface area contributed by atoms with Crippen molar-refractivity contribution in [2.24, 2.45) is 10.2 Å². The van der Waals surface area contributed by atoms with E-state index in [2.05, 4.69) is 17.2 Å². The van der Waals surface area contributed by atoms with Gasteiger partial charge in [0, 0.05) is 6.07 Å². The minimum Gasteiger partial charge on any atom is -0.505 e. The number of hydrogen-bond donors (Lipinski definition) is 1. The Labute approximate surface area is 175 Å². The number of esters is 1. The summed E-state index contributed by atoms with van der Waals surface area (Å²) >= 11 is 0. The van der Waals surface area contributed by atoms with Gasteiger partial charge in [-0.25, -0.2) is 4.79 Å². The predicted octanol–water partition coefficient (Wildman–Crippen LogP) is 6.51. The maximum Gasteiger partial charge on any atom is 0.343 e. The summed E-state index contributed by atoms with van der Waals surface area (Å²) in [4.78, 5) is 12.3. The summed E-state index contributed by atoms with van der Waals surface area (Å²) in [6, 6.07) is 18.7. The first-order valence-corrected chi connectivity index (χ1v) is 9.81. The van der Waals surface area contributed by atoms with Gasteiger partial charge in [0.15, 0.2) is 0 Å². The van der Waals surface area contributed by atoms with E-state index >= 15 is 0 Å². The third-order valence-corrected chi connectivity index (χ3v) is 4.32. The van der Waals surface area contributed by atoms with Crippen LogP contribution in [0.1, 0.15) is 35.7 Å². The molecule has 0 aromatic heterocycles. The third-order valence-electron chi connectivity index (χ3n) is 4.32. The normalized spacial score (nSPS) is 10.9. The fraction of sp³-hybridized carbons (Fsp3) is 0.208. The van der Waals surface area contributed by atoms with Crippen molar-refractivity contribution in [1.82, 2.24) is 0 Å². The summed E-state index contributed by atoms with van der Waals surface area (Å²) in [6.45, 7) is 4.73. The van der Waals surface area contributed by atoms with E-state index in [-0.39, 0.29) is 17.2 Å². The van der Waals surface area contributed by atoms with Crippen molar-refractivity contribution in [2.75, 3.05) is 6.61 Å². The Kier molecular flexibility index (Phi) is 7.16. The van der Waals surface area contributed by atoms with Crippen molar-refractivity contribution in [3.8, 4) is 17.2 Å². The first-order chi connectivity index (χ1) is 14.5. The van der Waals surface area contributed by atoms with Gasteiger partial charge in [0.1, 0.15) is 22.9 Å². The molecule has 0 saturated heterocycles. The van der Waals surface area contributed by atoms with E-state index < -0.39 is 5.97 Å². The Bertz CT molecular complexity index is 1010. The van der Waals surface area contributed by atoms with Crippen LogP contribution in [0.3, 0.4) is 0 Å². The molecule has 0 atom stereocenters. The highest BCUT2D eigenvalue weighted by molar-refractivity contribution is 5.91. The van der Waals surface area contributed by atoms with Crippen LogP contribution in [0.25, 0.3) is 0 Å². The van der Waals surface area contributed by atoms with E-state index in [9.17, 15) is 9.90 Å². The van der Waals surface area contributed by atoms with Crippen molar-refractivity contribution >= 4 is 17.3 Å². The molecule has 6 nitrogen and oxygen atoms in total. The minimum absolute atomic E-state index is 0.129. The second-order valence-electron chi connectivity index (χ2n) is 6.80. The Morgan fingerprint density at radius 3 is 2.30 bits per heavy atom. The van der Waals surface area contributed by atoms with E-state index in [1.54, 1.807) is 36.4 Å². The molecule has 0 amide bonds. The fourth-order valence-corrected chi connectivity index (χ4v) is 2.56. The Morgan fingerprint density at radius 2 is 1.63 bits per heavy atom. The molecule has 0 fully saturated rings. The lowest BCUT2D eigenvalue weighted by molar-refractivity contribution is 0.0734. The van der Waals surface area contributed by atoms with Crippen molar-refractivity contribution in [1.29, 1.82) is 0 Å². The molecule has 0 aliphatic heterocycles. The molecule has 0 bridgehead atoms. The first-order valence-electron chi connectivity index (χ1n) is 9.81. The number of benzene rings is 3. The van der Waals surface area contributed by atoms with Crippen LogP contribution in [-0.4, -0.2) is 17.7 Å². The molecule has 0 aliphatic rings. The molecule has 0 heterocycles. The SMILES string of the molecule is CCCCOc1ccc(C(=O)Oc2ccc(N=Nc3ccc(C)cc3)c(O)c2)cc1. The maximum absolute atomic E-state index is 12.3. The Hall–Kier alpha value is -3.67. The number of aryl methyl sites for hydroxylation is 1. The molecule has 6 heteroatoms. The molecule has 0 aliphatic carbocycles. The maximum atomic E-state index is 12.3. The zero-order valence-corrected chi connectivity index (χ0v) is 17.0. The molecular formula is C24H24N2O4.